The zero-order valence-corrected chi connectivity index (χ0v) is 27.3. The van der Waals surface area contributed by atoms with Crippen molar-refractivity contribution in [2.45, 2.75) is 59.0 Å². The summed E-state index contributed by atoms with van der Waals surface area (Å²) >= 11 is 1.26. The van der Waals surface area contributed by atoms with Crippen LogP contribution in [0, 0.1) is 6.92 Å². The van der Waals surface area contributed by atoms with Gasteiger partial charge in [-0.15, -0.1) is 0 Å². The van der Waals surface area contributed by atoms with Gasteiger partial charge in [-0.3, -0.25) is 9.59 Å². The number of thioether (sulfide) groups is 1. The highest BCUT2D eigenvalue weighted by atomic mass is 32.2. The Bertz CT molecular complexity index is 1850. The maximum absolute atomic E-state index is 13.7. The van der Waals surface area contributed by atoms with Crippen LogP contribution in [0.25, 0.3) is 22.2 Å². The van der Waals surface area contributed by atoms with E-state index in [2.05, 4.69) is 16.8 Å². The molecule has 0 aliphatic carbocycles. The number of imidazole rings is 1. The Kier molecular flexibility index (Phi) is 10.7. The summed E-state index contributed by atoms with van der Waals surface area (Å²) in [6.07, 6.45) is 2.80. The summed E-state index contributed by atoms with van der Waals surface area (Å²) in [7, 11) is 0. The number of nitrogens with one attached hydrogen (secondary N) is 1. The molecule has 0 radical (unpaired) electrons. The van der Waals surface area contributed by atoms with Crippen molar-refractivity contribution in [2.75, 3.05) is 5.75 Å². The topological polar surface area (TPSA) is 101 Å². The van der Waals surface area contributed by atoms with Gasteiger partial charge in [-0.25, -0.2) is 9.78 Å². The summed E-state index contributed by atoms with van der Waals surface area (Å²) in [6.45, 7) is 6.51. The maximum Gasteiger partial charge on any atom is 0.336 e. The van der Waals surface area contributed by atoms with Crippen molar-refractivity contribution in [1.82, 2.24) is 14.9 Å². The van der Waals surface area contributed by atoms with Crippen LogP contribution in [-0.2, 0) is 24.2 Å². The molecule has 5 aromatic rings. The van der Waals surface area contributed by atoms with Crippen molar-refractivity contribution in [2.24, 2.45) is 0 Å². The van der Waals surface area contributed by atoms with Crippen LogP contribution in [-0.4, -0.2) is 43.4 Å². The number of amides is 1. The molecule has 2 N–H and O–H groups in total. The van der Waals surface area contributed by atoms with Crippen molar-refractivity contribution in [3.63, 3.8) is 0 Å². The highest BCUT2D eigenvalue weighted by Gasteiger charge is 2.20. The number of rotatable bonds is 13. The predicted octanol–water partition coefficient (Wildman–Crippen LogP) is 7.72. The van der Waals surface area contributed by atoms with E-state index in [4.69, 9.17) is 4.98 Å². The van der Waals surface area contributed by atoms with Crippen molar-refractivity contribution in [3.05, 3.63) is 125 Å². The molecule has 236 valence electrons. The van der Waals surface area contributed by atoms with E-state index in [9.17, 15) is 19.5 Å². The second-order valence-electron chi connectivity index (χ2n) is 11.5. The molecule has 46 heavy (non-hydrogen) atoms. The fourth-order valence-electron chi connectivity index (χ4n) is 5.67. The van der Waals surface area contributed by atoms with E-state index in [1.54, 1.807) is 12.1 Å². The van der Waals surface area contributed by atoms with E-state index >= 15 is 0 Å². The number of nitrogens with zero attached hydrogens (tertiary/aromatic N) is 2. The summed E-state index contributed by atoms with van der Waals surface area (Å²) in [4.78, 5) is 42.6. The Morgan fingerprint density at radius 1 is 0.913 bits per heavy atom. The Hall–Kier alpha value is -4.69. The number of aromatic nitrogens is 2. The number of carboxylic acids is 1. The monoisotopic (exact) mass is 633 g/mol. The van der Waals surface area contributed by atoms with Gasteiger partial charge in [-0.2, -0.15) is 0 Å². The molecule has 0 spiro atoms. The number of hydrogen-bond acceptors (Lipinski definition) is 5. The SMILES string of the molecule is CCCc1nc2c(C)cc(C(=O)N[C@@H](CSC(=O)CC)Cc3ccccc3)cc2n1Cc1ccc(-c2ccccc2C(=O)O)cc1. The maximum atomic E-state index is 13.7. The van der Waals surface area contributed by atoms with Crippen molar-refractivity contribution < 1.29 is 19.5 Å². The lowest BCUT2D eigenvalue weighted by molar-refractivity contribution is -0.110. The normalized spacial score (nSPS) is 11.8. The average molecular weight is 634 g/mol. The minimum absolute atomic E-state index is 0.107. The molecule has 0 fully saturated rings. The molecule has 0 saturated carbocycles. The van der Waals surface area contributed by atoms with E-state index in [1.807, 2.05) is 92.7 Å². The lowest BCUT2D eigenvalue weighted by Crippen LogP contribution is -2.38. The summed E-state index contributed by atoms with van der Waals surface area (Å²) in [5.41, 5.74) is 7.17. The molecule has 0 bridgehead atoms. The number of aryl methyl sites for hydroxylation is 2. The number of hydrogen-bond donors (Lipinski definition) is 2. The number of fused-ring (bicyclic) bond motifs is 1. The van der Waals surface area contributed by atoms with Crippen LogP contribution in [0.5, 0.6) is 0 Å². The fourth-order valence-corrected chi connectivity index (χ4v) is 6.46. The Morgan fingerprint density at radius 2 is 1.63 bits per heavy atom. The van der Waals surface area contributed by atoms with Gasteiger partial charge >= 0.3 is 5.97 Å². The minimum atomic E-state index is -0.955. The summed E-state index contributed by atoms with van der Waals surface area (Å²) in [5, 5.41) is 13.0. The molecule has 0 saturated heterocycles. The third kappa shape index (κ3) is 7.74. The first-order chi connectivity index (χ1) is 22.3. The first-order valence-electron chi connectivity index (χ1n) is 15.7. The lowest BCUT2D eigenvalue weighted by Gasteiger charge is -2.19. The van der Waals surface area contributed by atoms with Crippen molar-refractivity contribution in [3.8, 4) is 11.1 Å². The molecule has 0 aliphatic rings. The van der Waals surface area contributed by atoms with Gasteiger partial charge in [0.25, 0.3) is 5.91 Å². The van der Waals surface area contributed by atoms with Crippen LogP contribution in [0.2, 0.25) is 0 Å². The molecule has 4 aromatic carbocycles. The van der Waals surface area contributed by atoms with E-state index in [0.29, 0.717) is 36.3 Å². The largest absolute Gasteiger partial charge is 0.478 e. The average Bonchev–Trinajstić information content (AvgIpc) is 3.41. The molecule has 7 nitrogen and oxygen atoms in total. The van der Waals surface area contributed by atoms with Gasteiger partial charge < -0.3 is 15.0 Å². The third-order valence-electron chi connectivity index (χ3n) is 8.02. The molecular weight excluding hydrogens is 595 g/mol. The Morgan fingerprint density at radius 3 is 2.33 bits per heavy atom. The zero-order valence-electron chi connectivity index (χ0n) is 26.5. The molecule has 0 unspecified atom stereocenters. The third-order valence-corrected chi connectivity index (χ3v) is 9.20. The number of carbonyl (C=O) groups is 3. The molecule has 1 aromatic heterocycles. The number of aromatic carboxylic acids is 1. The first kappa shape index (κ1) is 32.7. The van der Waals surface area contributed by atoms with E-state index in [0.717, 1.165) is 52.0 Å². The fraction of sp³-hybridized carbons (Fsp3) is 0.263. The highest BCUT2D eigenvalue weighted by molar-refractivity contribution is 8.13. The second-order valence-corrected chi connectivity index (χ2v) is 12.5. The van der Waals surface area contributed by atoms with Crippen LogP contribution in [0.3, 0.4) is 0 Å². The van der Waals surface area contributed by atoms with Gasteiger partial charge in [0, 0.05) is 36.7 Å². The van der Waals surface area contributed by atoms with Gasteiger partial charge in [-0.1, -0.05) is 98.4 Å². The standard InChI is InChI=1S/C38H39N3O4S/c1-4-11-34-40-36-25(3)20-29(37(43)39-30(24-46-35(42)5-2)21-26-12-7-6-8-13-26)22-33(36)41(34)23-27-16-18-28(19-17-27)31-14-9-10-15-32(31)38(44)45/h6-10,12-20,22,30H,4-5,11,21,23-24H2,1-3H3,(H,39,43)(H,44,45)/t30-/m1/s1. The zero-order chi connectivity index (χ0) is 32.6. The molecular formula is C38H39N3O4S. The van der Waals surface area contributed by atoms with E-state index in [1.165, 1.54) is 11.8 Å². The van der Waals surface area contributed by atoms with Crippen LogP contribution >= 0.6 is 11.8 Å². The number of benzene rings is 4. The molecule has 0 aliphatic heterocycles. The van der Waals surface area contributed by atoms with Crippen molar-refractivity contribution in [1.29, 1.82) is 0 Å². The van der Waals surface area contributed by atoms with Gasteiger partial charge in [0.05, 0.1) is 16.6 Å². The summed E-state index contributed by atoms with van der Waals surface area (Å²) in [6, 6.07) is 28.5. The highest BCUT2D eigenvalue weighted by Crippen LogP contribution is 2.27. The summed E-state index contributed by atoms with van der Waals surface area (Å²) < 4.78 is 2.18. The number of carboxylic acid groups (broad SMARTS) is 1. The Labute approximate surface area is 274 Å². The minimum Gasteiger partial charge on any atom is -0.478 e. The number of carbonyl (C=O) groups excluding carboxylic acids is 2. The molecule has 1 heterocycles. The first-order valence-corrected chi connectivity index (χ1v) is 16.7. The molecule has 1 amide bonds. The van der Waals surface area contributed by atoms with Crippen LogP contribution in [0.4, 0.5) is 0 Å². The van der Waals surface area contributed by atoms with Crippen LogP contribution < -0.4 is 5.32 Å². The quantitative estimate of drug-likeness (QED) is 0.138. The van der Waals surface area contributed by atoms with Gasteiger partial charge in [0.2, 0.25) is 0 Å². The van der Waals surface area contributed by atoms with E-state index < -0.39 is 5.97 Å². The smallest absolute Gasteiger partial charge is 0.336 e. The lowest BCUT2D eigenvalue weighted by atomic mass is 9.98. The van der Waals surface area contributed by atoms with E-state index in [-0.39, 0.29) is 22.6 Å². The van der Waals surface area contributed by atoms with Gasteiger partial charge in [-0.05, 0) is 65.8 Å². The summed E-state index contributed by atoms with van der Waals surface area (Å²) in [5.74, 6) is 0.320. The second kappa shape index (κ2) is 15.1. The molecule has 8 heteroatoms. The molecule has 1 atom stereocenters. The van der Waals surface area contributed by atoms with Gasteiger partial charge in [0.1, 0.15) is 5.82 Å². The Balaban J connectivity index is 1.44. The van der Waals surface area contributed by atoms with Crippen molar-refractivity contribution >= 4 is 39.8 Å². The van der Waals surface area contributed by atoms with Gasteiger partial charge in [0.15, 0.2) is 5.12 Å². The van der Waals surface area contributed by atoms with Crippen LogP contribution in [0.1, 0.15) is 69.9 Å². The molecule has 5 rings (SSSR count). The predicted molar refractivity (Wildman–Crippen MR) is 186 cm³/mol. The van der Waals surface area contributed by atoms with Crippen LogP contribution in [0.15, 0.2) is 91.0 Å².